The molecule has 4 aromatic carbocycles. The highest BCUT2D eigenvalue weighted by atomic mass is 127. The third-order valence-electron chi connectivity index (χ3n) is 17.2. The Kier molecular flexibility index (Phi) is 100. The van der Waals surface area contributed by atoms with Crippen molar-refractivity contribution in [3.63, 3.8) is 0 Å². The molecule has 1 unspecified atom stereocenters. The minimum Gasteiger partial charge on any atom is -1.00 e. The molecule has 126 heavy (non-hydrogen) atoms. The van der Waals surface area contributed by atoms with Crippen molar-refractivity contribution < 1.29 is 74.7 Å². The number of aliphatic hydroxyl groups excluding tert-OH is 1. The van der Waals surface area contributed by atoms with Crippen LogP contribution in [-0.2, 0) is 95.3 Å². The Morgan fingerprint density at radius 1 is 0.563 bits per heavy atom. The predicted molar refractivity (Wildman–Crippen MR) is 614 cm³/mol. The minimum atomic E-state index is -2.64. The van der Waals surface area contributed by atoms with Gasteiger partial charge >= 0.3 is 13.4 Å². The normalized spacial score (nSPS) is 21.8. The molecule has 46 heteroatoms. The minimum absolute atomic E-state index is 0. The molecule has 7 rings (SSSR count). The molecule has 0 amide bonds. The summed E-state index contributed by atoms with van der Waals surface area (Å²) in [5.41, 5.74) is 4.51. The number of alkyl halides is 2. The monoisotopic (exact) mass is 2610 g/mol. The van der Waals surface area contributed by atoms with Crippen molar-refractivity contribution in [2.75, 3.05) is 221 Å². The van der Waals surface area contributed by atoms with Gasteiger partial charge in [-0.15, -0.1) is 36.4 Å². The van der Waals surface area contributed by atoms with Gasteiger partial charge < -0.3 is 85.6 Å². The number of nitrogens with one attached hydrogen (secondary N) is 1. The second kappa shape index (κ2) is 83.6. The van der Waals surface area contributed by atoms with Crippen molar-refractivity contribution in [2.24, 2.45) is 5.92 Å². The molecule has 0 saturated carbocycles. The van der Waals surface area contributed by atoms with Gasteiger partial charge in [-0.05, 0) is 307 Å². The Balaban J connectivity index is -0.000000149. The van der Waals surface area contributed by atoms with Crippen LogP contribution < -0.4 is 29.3 Å². The lowest BCUT2D eigenvalue weighted by Gasteiger charge is -2.29. The molecule has 0 aliphatic carbocycles. The number of hydrogen-bond acceptors (Lipinski definition) is 20. The fourth-order valence-electron chi connectivity index (χ4n) is 9.45. The van der Waals surface area contributed by atoms with Crippen LogP contribution in [0.4, 0.5) is 0 Å². The first-order valence-electron chi connectivity index (χ1n) is 40.3. The second-order valence-electron chi connectivity index (χ2n) is 29.0. The standard InChI is InChI=1S/C12H19N2OPS.C11H16O.2C10H13ClNOPS.C9H24N2O2PS.C8H21N2O2PS.C6H15N.C4H10IN.C4H12NO2PS.C2H7N.C2H6.CH3I.CH4.Cl3PS.ClH.2HI/c1-10-12(11-8-6-5-7-9-11)15-16(17,13(2)3)14(10)4;1-3-9(2)11(12)10-7-5-4-6-8-10;2*1-8-10(9-6-4-3-5-7-9)13-14(11,15)12(8)2;1-7-13-14(12,10(2)3)15-9-8-11(4,5)6;1-6-12-13(11,10(4)5)14-8-7-9(2)3;1-4-7(5-2)6-3;1-6(2)4-3-5;1-4-7-8(6,9)5(2)3;1-3-2;2*1-2;;1-4(2,3)5;;;/h5-10,12H,1-4H3;4-9,11-12H,3H2,1-2H3;2*3-8,10H,1-2H3;7-9H2,1-6H3;6-8H2,1-5H3;4-6H2,1-3H3;3-4H2,1-2H3;4H2,1-3H3,(H,6,9);3H,1-2H3;1-2H3;1H3;1H4;;3*1H/q;;;;+1;;;;;;;;;;;;/p-1/t10-,12-,16+;9-,11+;8-,10-,14+;8-,10-,14-;14-;13-;;;;;;;;;;;/m111100.........../s1. The Morgan fingerprint density at radius 2 is 0.849 bits per heavy atom. The van der Waals surface area contributed by atoms with E-state index in [1.807, 2.05) is 212 Å². The van der Waals surface area contributed by atoms with Gasteiger partial charge in [-0.1, -0.05) is 274 Å². The van der Waals surface area contributed by atoms with Gasteiger partial charge in [0, 0.05) is 41.4 Å². The van der Waals surface area contributed by atoms with Crippen molar-refractivity contribution in [3.05, 3.63) is 144 Å². The average molecular weight is 2620 g/mol. The number of likely N-dealkylation sites (N-methyl/N-ethyl adjacent to an activating group) is 3. The fourth-order valence-corrected chi connectivity index (χ4v) is 27.1. The van der Waals surface area contributed by atoms with Crippen LogP contribution in [0.2, 0.25) is 0 Å². The van der Waals surface area contributed by atoms with E-state index in [0.717, 1.165) is 52.2 Å². The van der Waals surface area contributed by atoms with Gasteiger partial charge in [-0.3, -0.25) is 9.13 Å². The summed E-state index contributed by atoms with van der Waals surface area (Å²) in [4.78, 5) is 17.8. The van der Waals surface area contributed by atoms with Crippen LogP contribution >= 0.6 is 203 Å². The van der Waals surface area contributed by atoms with E-state index in [9.17, 15) is 19.1 Å². The molecule has 3 fully saturated rings. The van der Waals surface area contributed by atoms with E-state index >= 15 is 0 Å². The van der Waals surface area contributed by atoms with Crippen molar-refractivity contribution in [1.29, 1.82) is 0 Å². The van der Waals surface area contributed by atoms with Gasteiger partial charge in [0.15, 0.2) is 0 Å². The van der Waals surface area contributed by atoms with Crippen molar-refractivity contribution >= 4 is 262 Å². The van der Waals surface area contributed by atoms with Gasteiger partial charge in [0.2, 0.25) is 22.2 Å². The maximum Gasteiger partial charge on any atom is 0.328 e. The molecule has 0 bridgehead atoms. The molecule has 3 N–H and O–H groups in total. The molecule has 3 saturated heterocycles. The van der Waals surface area contributed by atoms with Crippen LogP contribution in [0.25, 0.3) is 0 Å². The second-order valence-corrected chi connectivity index (χ2v) is 68.0. The van der Waals surface area contributed by atoms with E-state index in [2.05, 4.69) is 191 Å². The molecule has 22 nitrogen and oxygen atoms in total. The zero-order valence-corrected chi connectivity index (χ0v) is 106. The summed E-state index contributed by atoms with van der Waals surface area (Å²) in [5.74, 6) is -2.54. The van der Waals surface area contributed by atoms with E-state index in [4.69, 9.17) is 131 Å². The van der Waals surface area contributed by atoms with E-state index in [1.54, 1.807) is 58.6 Å². The third kappa shape index (κ3) is 68.4. The number of benzene rings is 4. The molecular weight excluding hydrogens is 2450 g/mol. The maximum absolute atomic E-state index is 12.3. The van der Waals surface area contributed by atoms with Crippen molar-refractivity contribution in [1.82, 2.24) is 52.7 Å². The topological polar surface area (TPSA) is 174 Å². The summed E-state index contributed by atoms with van der Waals surface area (Å²) in [7, 11) is 38.8. The third-order valence-corrected chi connectivity index (χ3v) is 42.6. The first-order chi connectivity index (χ1) is 56.4. The van der Waals surface area contributed by atoms with Crippen LogP contribution in [0, 0.1) is 5.92 Å². The molecule has 752 valence electrons. The maximum atomic E-state index is 12.3. The number of nitrogens with zero attached hydrogens (tertiary/aromatic N) is 11. The number of hydrogen-bond donors (Lipinski definition) is 3. The van der Waals surface area contributed by atoms with E-state index < -0.39 is 42.3 Å². The first-order valence-corrected chi connectivity index (χ1v) is 68.2. The van der Waals surface area contributed by atoms with Crippen LogP contribution in [-0.4, -0.2) is 301 Å². The summed E-state index contributed by atoms with van der Waals surface area (Å²) < 4.78 is 70.5. The first kappa shape index (κ1) is 151. The van der Waals surface area contributed by atoms with Crippen LogP contribution in [0.5, 0.6) is 0 Å². The fraction of sp³-hybridized carbons (Fsp3) is 0.700. The quantitative estimate of drug-likeness (QED) is 0.0202. The Bertz CT molecular complexity index is 3510. The molecule has 3 aliphatic rings. The molecule has 4 aromatic rings. The van der Waals surface area contributed by atoms with Crippen molar-refractivity contribution in [3.8, 4) is 0 Å². The molecule has 3 heterocycles. The largest absolute Gasteiger partial charge is 1.00 e. The number of halogens is 10. The molecule has 14 atom stereocenters. The Morgan fingerprint density at radius 3 is 1.05 bits per heavy atom. The summed E-state index contributed by atoms with van der Waals surface area (Å²) in [6.07, 6.45) is 0.778. The highest BCUT2D eigenvalue weighted by Gasteiger charge is 2.46. The molecule has 0 aromatic heterocycles. The van der Waals surface area contributed by atoms with E-state index in [1.165, 1.54) is 63.6 Å². The molecular formula is C80H165Cl6I4N12O10P7S7. The summed E-state index contributed by atoms with van der Waals surface area (Å²) in [5, 5.41) is 12.5. The molecule has 0 radical (unpaired) electrons. The number of rotatable bonds is 29. The lowest BCUT2D eigenvalue weighted by atomic mass is 9.95. The van der Waals surface area contributed by atoms with Crippen LogP contribution in [0.3, 0.4) is 0 Å². The highest BCUT2D eigenvalue weighted by molar-refractivity contribution is 14.1. The summed E-state index contributed by atoms with van der Waals surface area (Å²) >= 11 is 59.9. The zero-order valence-electron chi connectivity index (χ0n) is 80.8. The lowest BCUT2D eigenvalue weighted by molar-refractivity contribution is -0.867. The Hall–Kier alpha value is 5.15. The van der Waals surface area contributed by atoms with Crippen LogP contribution in [0.15, 0.2) is 121 Å². The van der Waals surface area contributed by atoms with Gasteiger partial charge in [0.05, 0.1) is 59.4 Å². The average Bonchev–Trinajstić information content (AvgIpc) is 1.63. The lowest BCUT2D eigenvalue weighted by Crippen LogP contribution is -3.00. The van der Waals surface area contributed by atoms with Gasteiger partial charge in [-0.25, -0.2) is 32.7 Å². The summed E-state index contributed by atoms with van der Waals surface area (Å²) in [6, 6.07) is 41.1. The van der Waals surface area contributed by atoms with E-state index in [0.29, 0.717) is 31.8 Å². The number of aliphatic hydroxyl groups is 1. The Labute approximate surface area is 895 Å². The molecule has 3 aliphatic heterocycles. The van der Waals surface area contributed by atoms with Gasteiger partial charge in [0.25, 0.3) is 6.64 Å². The number of quaternary nitrogens is 1. The molecule has 0 spiro atoms. The van der Waals surface area contributed by atoms with Crippen molar-refractivity contribution in [2.45, 2.75) is 146 Å². The smallest absolute Gasteiger partial charge is 0.328 e. The van der Waals surface area contributed by atoms with Gasteiger partial charge in [0.1, 0.15) is 18.3 Å². The van der Waals surface area contributed by atoms with Crippen LogP contribution in [0.1, 0.15) is 151 Å². The zero-order chi connectivity index (χ0) is 96.4. The SMILES string of the molecule is C.CC.CCN(CC)CC.CCOP(O)(=S)N(C)C.CCO[P@](=O)(SCCN(C)C)N(C)C.CCO[P@](=O)(SCC[N+](C)(C)C)N(C)C.CC[C@@H](C)[C@H](O)c1ccccc1.CI.CN(C)CCI.CNC.C[C@@H]1[C@H](c2ccccc2)O[P@@](=S)(Cl)N1C.C[C@@H]1[C@H](c2ccccc2)O[P@](=S)(Cl)N1C.C[C@@H]1[C@H](c2ccccc2)O[P@](=S)(N(C)C)N1C.Cl.I.S=P(Cl)(Cl)Cl.[I-]. The van der Waals surface area contributed by atoms with Gasteiger partial charge in [-0.2, -0.15) is 0 Å². The summed E-state index contributed by atoms with van der Waals surface area (Å²) in [6.45, 7) is 24.9. The van der Waals surface area contributed by atoms with E-state index in [-0.39, 0.29) is 104 Å². The highest BCUT2D eigenvalue weighted by Crippen LogP contribution is 2.68. The predicted octanol–water partition coefficient (Wildman–Crippen LogP) is 23.5.